The van der Waals surface area contributed by atoms with Gasteiger partial charge in [0.2, 0.25) is 0 Å². The van der Waals surface area contributed by atoms with Crippen molar-refractivity contribution in [3.63, 3.8) is 0 Å². The number of carbonyl (C=O) groups excluding carboxylic acids is 2. The first-order chi connectivity index (χ1) is 10.1. The molecule has 0 radical (unpaired) electrons. The third-order valence-electron chi connectivity index (χ3n) is 4.29. The summed E-state index contributed by atoms with van der Waals surface area (Å²) in [6.45, 7) is 0.708. The number of rotatable bonds is 8. The normalized spacial score (nSPS) is 26.6. The molecule has 2 unspecified atom stereocenters. The smallest absolute Gasteiger partial charge is 0.306 e. The fourth-order valence-electron chi connectivity index (χ4n) is 3.19. The van der Waals surface area contributed by atoms with Crippen molar-refractivity contribution >= 4 is 37.2 Å². The van der Waals surface area contributed by atoms with Crippen LogP contribution in [-0.4, -0.2) is 36.7 Å². The number of hydrogen-bond acceptors (Lipinski definition) is 6. The Morgan fingerprint density at radius 2 is 1.86 bits per heavy atom. The van der Waals surface area contributed by atoms with Crippen molar-refractivity contribution in [3.05, 3.63) is 11.6 Å². The lowest BCUT2D eigenvalue weighted by Crippen LogP contribution is -2.29. The summed E-state index contributed by atoms with van der Waals surface area (Å²) in [5.41, 5.74) is 1.00. The van der Waals surface area contributed by atoms with Gasteiger partial charge in [0.25, 0.3) is 0 Å². The molecule has 2 aliphatic rings. The Balaban J connectivity index is 1.89. The van der Waals surface area contributed by atoms with E-state index in [1.165, 1.54) is 0 Å². The fraction of sp³-hybridized carbons (Fsp3) is 0.733. The zero-order chi connectivity index (χ0) is 15.3. The maximum absolute atomic E-state index is 11.5. The Morgan fingerprint density at radius 3 is 2.48 bits per heavy atom. The first-order valence-corrected chi connectivity index (χ1v) is 8.60. The third-order valence-corrected chi connectivity index (χ3v) is 4.74. The molecule has 0 spiro atoms. The molecule has 0 amide bonds. The Labute approximate surface area is 136 Å². The van der Waals surface area contributed by atoms with Gasteiger partial charge in [-0.3, -0.25) is 9.59 Å². The van der Waals surface area contributed by atoms with Gasteiger partial charge < -0.3 is 9.47 Å². The van der Waals surface area contributed by atoms with Gasteiger partial charge in [-0.1, -0.05) is 6.08 Å². The fourth-order valence-corrected chi connectivity index (χ4v) is 3.56. The predicted molar refractivity (Wildman–Crippen MR) is 86.7 cm³/mol. The summed E-state index contributed by atoms with van der Waals surface area (Å²) in [6.07, 6.45) is 5.98. The highest BCUT2D eigenvalue weighted by atomic mass is 32.1. The van der Waals surface area contributed by atoms with E-state index < -0.39 is 0 Å². The van der Waals surface area contributed by atoms with Crippen molar-refractivity contribution in [2.75, 3.05) is 24.7 Å². The van der Waals surface area contributed by atoms with Gasteiger partial charge in [0.1, 0.15) is 13.2 Å². The molecule has 0 aliphatic heterocycles. The van der Waals surface area contributed by atoms with E-state index in [9.17, 15) is 9.59 Å². The van der Waals surface area contributed by atoms with Crippen molar-refractivity contribution in [1.82, 2.24) is 0 Å². The van der Waals surface area contributed by atoms with Crippen LogP contribution in [0.25, 0.3) is 0 Å². The molecule has 0 saturated heterocycles. The molecule has 4 nitrogen and oxygen atoms in total. The SMILES string of the molecule is O=C(CCS)OCC1=CC2CCC1(COC(=O)CCS)C2. The number of esters is 2. The van der Waals surface area contributed by atoms with Gasteiger partial charge in [-0.25, -0.2) is 0 Å². The average molecular weight is 330 g/mol. The number of thiol groups is 2. The lowest BCUT2D eigenvalue weighted by molar-refractivity contribution is -0.147. The Bertz CT molecular complexity index is 435. The van der Waals surface area contributed by atoms with Crippen LogP contribution < -0.4 is 0 Å². The van der Waals surface area contributed by atoms with Crippen molar-refractivity contribution in [3.8, 4) is 0 Å². The molecular formula is C15H22O4S2. The van der Waals surface area contributed by atoms with Gasteiger partial charge in [0.05, 0.1) is 12.8 Å². The van der Waals surface area contributed by atoms with Crippen molar-refractivity contribution in [2.45, 2.75) is 32.1 Å². The zero-order valence-electron chi connectivity index (χ0n) is 12.0. The first kappa shape index (κ1) is 16.7. The van der Waals surface area contributed by atoms with Crippen LogP contribution >= 0.6 is 25.3 Å². The number of allylic oxidation sites excluding steroid dienone is 1. The molecule has 6 heteroatoms. The highest BCUT2D eigenvalue weighted by Gasteiger charge is 2.47. The summed E-state index contributed by atoms with van der Waals surface area (Å²) in [5.74, 6) is 1.09. The lowest BCUT2D eigenvalue weighted by atomic mass is 9.81. The molecule has 0 aromatic carbocycles. The van der Waals surface area contributed by atoms with Crippen LogP contribution in [-0.2, 0) is 19.1 Å². The molecule has 2 atom stereocenters. The van der Waals surface area contributed by atoms with Crippen LogP contribution in [0.3, 0.4) is 0 Å². The van der Waals surface area contributed by atoms with Gasteiger partial charge in [0, 0.05) is 16.9 Å². The van der Waals surface area contributed by atoms with Gasteiger partial charge in [0.15, 0.2) is 0 Å². The summed E-state index contributed by atoms with van der Waals surface area (Å²) in [7, 11) is 0. The largest absolute Gasteiger partial charge is 0.465 e. The molecule has 0 aromatic heterocycles. The molecule has 2 bridgehead atoms. The van der Waals surface area contributed by atoms with Crippen LogP contribution in [0.15, 0.2) is 11.6 Å². The quantitative estimate of drug-likeness (QED) is 0.408. The second-order valence-corrected chi connectivity index (χ2v) is 6.64. The second kappa shape index (κ2) is 7.58. The van der Waals surface area contributed by atoms with Crippen LogP contribution in [0.2, 0.25) is 0 Å². The first-order valence-electron chi connectivity index (χ1n) is 7.34. The molecule has 1 saturated carbocycles. The minimum absolute atomic E-state index is 0.113. The molecule has 118 valence electrons. The minimum atomic E-state index is -0.226. The minimum Gasteiger partial charge on any atom is -0.465 e. The number of fused-ring (bicyclic) bond motifs is 2. The van der Waals surface area contributed by atoms with Crippen molar-refractivity contribution < 1.29 is 19.1 Å². The summed E-state index contributed by atoms with van der Waals surface area (Å²) in [6, 6.07) is 0. The van der Waals surface area contributed by atoms with Crippen molar-refractivity contribution in [1.29, 1.82) is 0 Å². The monoisotopic (exact) mass is 330 g/mol. The number of ether oxygens (including phenoxy) is 2. The number of hydrogen-bond donors (Lipinski definition) is 2. The molecule has 1 fully saturated rings. The van der Waals surface area contributed by atoms with E-state index in [1.807, 2.05) is 0 Å². The van der Waals surface area contributed by atoms with E-state index in [0.29, 0.717) is 43.5 Å². The van der Waals surface area contributed by atoms with Crippen LogP contribution in [0, 0.1) is 11.3 Å². The summed E-state index contributed by atoms with van der Waals surface area (Å²) in [4.78, 5) is 23.0. The van der Waals surface area contributed by atoms with E-state index in [0.717, 1.165) is 24.8 Å². The maximum Gasteiger partial charge on any atom is 0.306 e. The molecule has 2 rings (SSSR count). The van der Waals surface area contributed by atoms with Gasteiger partial charge in [-0.15, -0.1) is 0 Å². The van der Waals surface area contributed by atoms with Crippen LogP contribution in [0.4, 0.5) is 0 Å². The lowest BCUT2D eigenvalue weighted by Gasteiger charge is -2.29. The number of carbonyl (C=O) groups is 2. The van der Waals surface area contributed by atoms with E-state index >= 15 is 0 Å². The van der Waals surface area contributed by atoms with Gasteiger partial charge in [-0.2, -0.15) is 25.3 Å². The van der Waals surface area contributed by atoms with E-state index in [2.05, 4.69) is 31.3 Å². The standard InChI is InChI=1S/C15H22O4S2/c16-13(2-5-20)18-9-12-7-11-1-4-15(12,8-11)10-19-14(17)3-6-21/h7,11,20-21H,1-6,8-10H2. The van der Waals surface area contributed by atoms with Crippen LogP contribution in [0.5, 0.6) is 0 Å². The molecule has 0 heterocycles. The Hall–Kier alpha value is -0.620. The highest BCUT2D eigenvalue weighted by molar-refractivity contribution is 7.80. The van der Waals surface area contributed by atoms with Gasteiger partial charge in [-0.05, 0) is 30.8 Å². The summed E-state index contributed by atoms with van der Waals surface area (Å²) < 4.78 is 10.7. The van der Waals surface area contributed by atoms with Gasteiger partial charge >= 0.3 is 11.9 Å². The maximum atomic E-state index is 11.5. The van der Waals surface area contributed by atoms with Crippen molar-refractivity contribution in [2.24, 2.45) is 11.3 Å². The summed E-state index contributed by atoms with van der Waals surface area (Å²) in [5, 5.41) is 0. The molecule has 21 heavy (non-hydrogen) atoms. The molecule has 0 N–H and O–H groups in total. The summed E-state index contributed by atoms with van der Waals surface area (Å²) >= 11 is 8.05. The molecule has 0 aromatic rings. The third kappa shape index (κ3) is 4.19. The second-order valence-electron chi connectivity index (χ2n) is 5.74. The Morgan fingerprint density at radius 1 is 1.19 bits per heavy atom. The van der Waals surface area contributed by atoms with E-state index in [1.54, 1.807) is 0 Å². The zero-order valence-corrected chi connectivity index (χ0v) is 13.8. The molecule has 2 aliphatic carbocycles. The molecular weight excluding hydrogens is 308 g/mol. The topological polar surface area (TPSA) is 52.6 Å². The van der Waals surface area contributed by atoms with E-state index in [4.69, 9.17) is 9.47 Å². The predicted octanol–water partition coefficient (Wildman–Crippen LogP) is 2.44. The highest BCUT2D eigenvalue weighted by Crippen LogP contribution is 2.54. The van der Waals surface area contributed by atoms with Crippen LogP contribution in [0.1, 0.15) is 32.1 Å². The average Bonchev–Trinajstić information content (AvgIpc) is 3.02. The Kier molecular flexibility index (Phi) is 6.05. The van der Waals surface area contributed by atoms with E-state index in [-0.39, 0.29) is 17.4 Å².